The Morgan fingerprint density at radius 1 is 1.67 bits per heavy atom. The molecule has 2 heteroatoms. The molecule has 0 aromatic carbocycles. The van der Waals surface area contributed by atoms with Crippen LogP contribution < -0.4 is 5.84 Å². The smallest absolute Gasteiger partial charge is 0.154 e. The van der Waals surface area contributed by atoms with Crippen LogP contribution in [0.15, 0.2) is 0 Å². The summed E-state index contributed by atoms with van der Waals surface area (Å²) >= 11 is 0. The van der Waals surface area contributed by atoms with Crippen molar-refractivity contribution >= 4 is 0 Å². The number of nitrogens with two attached hydrogens (primary N) is 1. The summed E-state index contributed by atoms with van der Waals surface area (Å²) in [5, 5.41) is 0. The van der Waals surface area contributed by atoms with Gasteiger partial charge in [-0.2, -0.15) is 10.4 Å². The minimum Gasteiger partial charge on any atom is -0.179 e. The van der Waals surface area contributed by atoms with Crippen LogP contribution in [0.5, 0.6) is 0 Å². The minimum absolute atomic E-state index is 0.0972. The number of nitrogens with zero attached hydrogens (tertiary/aromatic N) is 1. The van der Waals surface area contributed by atoms with Crippen LogP contribution in [0.1, 0.15) is 0 Å². The van der Waals surface area contributed by atoms with Crippen molar-refractivity contribution in [3.63, 3.8) is 0 Å². The average Bonchev–Trinajstić information content (AvgIpc) is 1.35. The second-order valence-electron chi connectivity index (χ2n) is 1.67. The molecule has 0 saturated heterocycles. The summed E-state index contributed by atoms with van der Waals surface area (Å²) in [7, 11) is 3.44. The maximum absolute atomic E-state index is 5.24. The highest BCUT2D eigenvalue weighted by molar-refractivity contribution is 4.66. The summed E-state index contributed by atoms with van der Waals surface area (Å²) in [4.78, 5) is 0. The first-order valence-corrected chi connectivity index (χ1v) is 1.66. The summed E-state index contributed by atoms with van der Waals surface area (Å²) in [6.07, 6.45) is 4.90. The van der Waals surface area contributed by atoms with Crippen molar-refractivity contribution in [1.29, 1.82) is 0 Å². The van der Waals surface area contributed by atoms with Crippen molar-refractivity contribution in [2.75, 3.05) is 14.1 Å². The Bertz CT molecular complexity index is 72.5. The molecule has 6 heavy (non-hydrogen) atoms. The van der Waals surface area contributed by atoms with E-state index in [1.165, 1.54) is 0 Å². The van der Waals surface area contributed by atoms with E-state index in [0.29, 0.717) is 0 Å². The van der Waals surface area contributed by atoms with E-state index in [4.69, 9.17) is 12.3 Å². The molecular formula is C4H9N2+. The summed E-state index contributed by atoms with van der Waals surface area (Å²) in [5.74, 6) is 5.24. The molecule has 0 aromatic rings. The molecular weight excluding hydrogens is 76.1 g/mol. The molecule has 0 aromatic heterocycles. The quantitative estimate of drug-likeness (QED) is 0.183. The van der Waals surface area contributed by atoms with Gasteiger partial charge < -0.3 is 0 Å². The van der Waals surface area contributed by atoms with Gasteiger partial charge in [0.2, 0.25) is 0 Å². The molecule has 0 atom stereocenters. The van der Waals surface area contributed by atoms with E-state index in [0.717, 1.165) is 0 Å². The molecule has 2 nitrogen and oxygen atoms in total. The third-order valence-electron chi connectivity index (χ3n) is 0.333. The van der Waals surface area contributed by atoms with Gasteiger partial charge in [-0.1, -0.05) is 6.42 Å². The van der Waals surface area contributed by atoms with Gasteiger partial charge in [0.05, 0.1) is 14.1 Å². The highest BCUT2D eigenvalue weighted by Gasteiger charge is 1.97. The average molecular weight is 85.1 g/mol. The van der Waals surface area contributed by atoms with E-state index in [-0.39, 0.29) is 4.59 Å². The maximum Gasteiger partial charge on any atom is 0.154 e. The van der Waals surface area contributed by atoms with Gasteiger partial charge in [-0.3, -0.25) is 0 Å². The molecule has 0 spiro atoms. The van der Waals surface area contributed by atoms with Crippen LogP contribution in [0.2, 0.25) is 0 Å². The van der Waals surface area contributed by atoms with E-state index >= 15 is 0 Å². The van der Waals surface area contributed by atoms with Crippen molar-refractivity contribution in [1.82, 2.24) is 0 Å². The molecule has 0 unspecified atom stereocenters. The number of terminal acetylenes is 1. The largest absolute Gasteiger partial charge is 0.179 e. The minimum atomic E-state index is 0.0972. The lowest BCUT2D eigenvalue weighted by atomic mass is 10.8. The Hall–Kier alpha value is -0.520. The van der Waals surface area contributed by atoms with Crippen LogP contribution in [-0.4, -0.2) is 18.7 Å². The Morgan fingerprint density at radius 3 is 1.83 bits per heavy atom. The predicted octanol–water partition coefficient (Wildman–Crippen LogP) is -0.473. The molecule has 0 aliphatic heterocycles. The molecule has 0 heterocycles. The lowest BCUT2D eigenvalue weighted by molar-refractivity contribution is -0.834. The lowest BCUT2D eigenvalue weighted by Crippen LogP contribution is -2.41. The Labute approximate surface area is 38.1 Å². The summed E-state index contributed by atoms with van der Waals surface area (Å²) in [5.41, 5.74) is 0. The molecule has 0 aliphatic carbocycles. The van der Waals surface area contributed by atoms with Gasteiger partial charge in [0.1, 0.15) is 0 Å². The van der Waals surface area contributed by atoms with E-state index in [1.54, 1.807) is 14.1 Å². The fourth-order valence-corrected chi connectivity index (χ4v) is 0. The van der Waals surface area contributed by atoms with Crippen molar-refractivity contribution in [3.05, 3.63) is 0 Å². The number of quaternary nitrogens is 1. The van der Waals surface area contributed by atoms with E-state index in [1.807, 2.05) is 0 Å². The summed E-state index contributed by atoms with van der Waals surface area (Å²) in [6, 6.07) is 2.32. The highest BCUT2D eigenvalue weighted by Crippen LogP contribution is 1.72. The first kappa shape index (κ1) is 5.48. The van der Waals surface area contributed by atoms with E-state index < -0.39 is 0 Å². The predicted molar refractivity (Wildman–Crippen MR) is 25.1 cm³/mol. The molecule has 0 saturated carbocycles. The van der Waals surface area contributed by atoms with Crippen molar-refractivity contribution in [3.8, 4) is 12.5 Å². The lowest BCUT2D eigenvalue weighted by Gasteiger charge is -2.09. The van der Waals surface area contributed by atoms with E-state index in [2.05, 4.69) is 6.04 Å². The second-order valence-corrected chi connectivity index (χ2v) is 1.67. The third-order valence-corrected chi connectivity index (χ3v) is 0.333. The van der Waals surface area contributed by atoms with Gasteiger partial charge in [0, 0.05) is 0 Å². The van der Waals surface area contributed by atoms with Gasteiger partial charge in [-0.25, -0.2) is 0 Å². The number of hydrogen-bond donors (Lipinski definition) is 1. The zero-order valence-corrected chi connectivity index (χ0v) is 4.10. The van der Waals surface area contributed by atoms with Crippen molar-refractivity contribution in [2.45, 2.75) is 0 Å². The molecule has 0 amide bonds. The molecule has 0 rings (SSSR count). The number of hydrogen-bond acceptors (Lipinski definition) is 1. The Balaban J connectivity index is 3.55. The zero-order chi connectivity index (χ0) is 5.21. The standard InChI is InChI=1S/C4H9N2/c1-4-6(2,3)5/h1H,5H2,2-3H3/q+1. The normalized spacial score (nSPS) is 10.3. The molecule has 0 fully saturated rings. The maximum atomic E-state index is 5.24. The van der Waals surface area contributed by atoms with Crippen LogP contribution in [0, 0.1) is 12.5 Å². The molecule has 0 bridgehead atoms. The fraction of sp³-hybridized carbons (Fsp3) is 0.500. The van der Waals surface area contributed by atoms with Crippen LogP contribution in [0.3, 0.4) is 0 Å². The van der Waals surface area contributed by atoms with Crippen molar-refractivity contribution < 1.29 is 4.59 Å². The first-order valence-electron chi connectivity index (χ1n) is 1.66. The zero-order valence-electron chi connectivity index (χ0n) is 4.10. The number of rotatable bonds is 0. The van der Waals surface area contributed by atoms with E-state index in [9.17, 15) is 0 Å². The molecule has 34 valence electrons. The Kier molecular flexibility index (Phi) is 1.18. The third kappa shape index (κ3) is 3.48. The van der Waals surface area contributed by atoms with Gasteiger partial charge in [0.25, 0.3) is 0 Å². The molecule has 2 N–H and O–H groups in total. The summed E-state index contributed by atoms with van der Waals surface area (Å²) < 4.78 is 0.0972. The van der Waals surface area contributed by atoms with Gasteiger partial charge >= 0.3 is 0 Å². The Morgan fingerprint density at radius 2 is 1.83 bits per heavy atom. The monoisotopic (exact) mass is 85.1 g/mol. The summed E-state index contributed by atoms with van der Waals surface area (Å²) in [6.45, 7) is 0. The van der Waals surface area contributed by atoms with Crippen LogP contribution >= 0.6 is 0 Å². The molecule has 0 aliphatic rings. The second kappa shape index (κ2) is 1.29. The fourth-order valence-electron chi connectivity index (χ4n) is 0. The first-order chi connectivity index (χ1) is 2.56. The molecule has 0 radical (unpaired) electrons. The van der Waals surface area contributed by atoms with Crippen LogP contribution in [-0.2, 0) is 0 Å². The van der Waals surface area contributed by atoms with Crippen molar-refractivity contribution in [2.24, 2.45) is 5.84 Å². The highest BCUT2D eigenvalue weighted by atomic mass is 15.5. The SMILES string of the molecule is C#C[N+](C)(C)N. The van der Waals surface area contributed by atoms with Crippen LogP contribution in [0.4, 0.5) is 0 Å². The topological polar surface area (TPSA) is 26.0 Å². The van der Waals surface area contributed by atoms with Crippen LogP contribution in [0.25, 0.3) is 0 Å². The van der Waals surface area contributed by atoms with Gasteiger partial charge in [-0.15, -0.1) is 0 Å². The van der Waals surface area contributed by atoms with Gasteiger partial charge in [-0.05, 0) is 0 Å². The van der Waals surface area contributed by atoms with Gasteiger partial charge in [0.15, 0.2) is 6.04 Å².